The molecule has 0 aromatic rings. The Kier molecular flexibility index (Phi) is 22.7. The number of methoxy groups -OCH3 is 2. The smallest absolute Gasteiger partial charge is 0.334 e. The van der Waals surface area contributed by atoms with Crippen LogP contribution in [0.15, 0.2) is 12.7 Å². The Bertz CT molecular complexity index is 225. The maximum Gasteiger partial charge on any atom is 0.334 e. The molecular weight excluding hydrogens is 252 g/mol. The maximum absolute atomic E-state index is 10.4. The molecule has 0 saturated carbocycles. The SMILES string of the molecule is C=CC.CCC(=O)OCCOC.COC(=O)C(C)O. The van der Waals surface area contributed by atoms with E-state index in [9.17, 15) is 9.59 Å². The van der Waals surface area contributed by atoms with Gasteiger partial charge in [0.2, 0.25) is 0 Å². The summed E-state index contributed by atoms with van der Waals surface area (Å²) in [6.07, 6.45) is 1.19. The van der Waals surface area contributed by atoms with Crippen molar-refractivity contribution in [3.8, 4) is 0 Å². The molecule has 0 fully saturated rings. The number of esters is 2. The van der Waals surface area contributed by atoms with Gasteiger partial charge in [0.25, 0.3) is 0 Å². The van der Waals surface area contributed by atoms with Gasteiger partial charge in [-0.1, -0.05) is 13.0 Å². The highest BCUT2D eigenvalue weighted by molar-refractivity contribution is 5.73. The largest absolute Gasteiger partial charge is 0.467 e. The molecule has 0 bridgehead atoms. The second-order valence-electron chi connectivity index (χ2n) is 3.17. The van der Waals surface area contributed by atoms with E-state index >= 15 is 0 Å². The third-order valence-electron chi connectivity index (χ3n) is 1.38. The highest BCUT2D eigenvalue weighted by Crippen LogP contribution is 1.83. The van der Waals surface area contributed by atoms with Gasteiger partial charge in [-0.3, -0.25) is 4.79 Å². The molecule has 19 heavy (non-hydrogen) atoms. The van der Waals surface area contributed by atoms with Crippen LogP contribution >= 0.6 is 0 Å². The van der Waals surface area contributed by atoms with Crippen molar-refractivity contribution in [3.63, 3.8) is 0 Å². The number of carbonyl (C=O) groups is 2. The monoisotopic (exact) mass is 278 g/mol. The van der Waals surface area contributed by atoms with Crippen LogP contribution in [0.25, 0.3) is 0 Å². The molecule has 0 heterocycles. The van der Waals surface area contributed by atoms with E-state index in [0.717, 1.165) is 0 Å². The van der Waals surface area contributed by atoms with Gasteiger partial charge in [-0.2, -0.15) is 0 Å². The van der Waals surface area contributed by atoms with Crippen LogP contribution in [0.2, 0.25) is 0 Å². The van der Waals surface area contributed by atoms with E-state index < -0.39 is 12.1 Å². The van der Waals surface area contributed by atoms with Crippen LogP contribution in [0.1, 0.15) is 27.2 Å². The third kappa shape index (κ3) is 26.3. The first-order valence-corrected chi connectivity index (χ1v) is 5.88. The van der Waals surface area contributed by atoms with Gasteiger partial charge in [-0.25, -0.2) is 4.79 Å². The van der Waals surface area contributed by atoms with E-state index in [2.05, 4.69) is 20.8 Å². The zero-order valence-electron chi connectivity index (χ0n) is 12.5. The highest BCUT2D eigenvalue weighted by Gasteiger charge is 2.05. The fourth-order valence-corrected chi connectivity index (χ4v) is 0.511. The first-order valence-electron chi connectivity index (χ1n) is 5.88. The number of ether oxygens (including phenoxy) is 3. The summed E-state index contributed by atoms with van der Waals surface area (Å²) in [7, 11) is 2.80. The summed E-state index contributed by atoms with van der Waals surface area (Å²) in [5.41, 5.74) is 0. The minimum atomic E-state index is -0.995. The molecule has 114 valence electrons. The van der Waals surface area contributed by atoms with Crippen molar-refractivity contribution in [2.75, 3.05) is 27.4 Å². The van der Waals surface area contributed by atoms with Crippen molar-refractivity contribution < 1.29 is 28.9 Å². The fraction of sp³-hybridized carbons (Fsp3) is 0.692. The van der Waals surface area contributed by atoms with Gasteiger partial charge in [0, 0.05) is 13.5 Å². The molecule has 1 N–H and O–H groups in total. The lowest BCUT2D eigenvalue weighted by Crippen LogP contribution is -2.16. The molecule has 0 aromatic carbocycles. The first-order chi connectivity index (χ1) is 8.90. The molecule has 0 aromatic heterocycles. The van der Waals surface area contributed by atoms with Gasteiger partial charge in [-0.15, -0.1) is 6.58 Å². The fourth-order valence-electron chi connectivity index (χ4n) is 0.511. The summed E-state index contributed by atoms with van der Waals surface area (Å²) in [5, 5.41) is 8.35. The van der Waals surface area contributed by atoms with Gasteiger partial charge < -0.3 is 19.3 Å². The molecular formula is C13H26O6. The second-order valence-corrected chi connectivity index (χ2v) is 3.17. The van der Waals surface area contributed by atoms with Gasteiger partial charge in [0.1, 0.15) is 12.7 Å². The lowest BCUT2D eigenvalue weighted by Gasteiger charge is -1.99. The van der Waals surface area contributed by atoms with Crippen LogP contribution in [0.3, 0.4) is 0 Å². The van der Waals surface area contributed by atoms with Crippen LogP contribution in [-0.2, 0) is 23.8 Å². The Morgan fingerprint density at radius 2 is 1.79 bits per heavy atom. The predicted molar refractivity (Wildman–Crippen MR) is 72.7 cm³/mol. The number of allylic oxidation sites excluding steroid dienone is 1. The molecule has 0 saturated heterocycles. The zero-order valence-corrected chi connectivity index (χ0v) is 12.5. The minimum Gasteiger partial charge on any atom is -0.467 e. The maximum atomic E-state index is 10.4. The molecule has 0 aliphatic heterocycles. The van der Waals surface area contributed by atoms with Crippen molar-refractivity contribution in [1.82, 2.24) is 0 Å². The summed E-state index contributed by atoms with van der Waals surface area (Å²) in [4.78, 5) is 20.4. The Hall–Kier alpha value is -1.40. The van der Waals surface area contributed by atoms with Crippen molar-refractivity contribution in [1.29, 1.82) is 0 Å². The summed E-state index contributed by atoms with van der Waals surface area (Å²) in [6, 6.07) is 0. The van der Waals surface area contributed by atoms with Gasteiger partial charge in [-0.05, 0) is 13.8 Å². The summed E-state index contributed by atoms with van der Waals surface area (Å²) in [5.74, 6) is -0.771. The van der Waals surface area contributed by atoms with Crippen molar-refractivity contribution >= 4 is 11.9 Å². The van der Waals surface area contributed by atoms with E-state index in [4.69, 9.17) is 5.11 Å². The summed E-state index contributed by atoms with van der Waals surface area (Å²) in [6.45, 7) is 9.20. The molecule has 6 nitrogen and oxygen atoms in total. The molecule has 0 aliphatic rings. The predicted octanol–water partition coefficient (Wildman–Crippen LogP) is 1.32. The second kappa shape index (κ2) is 19.0. The van der Waals surface area contributed by atoms with Crippen LogP contribution in [0.4, 0.5) is 0 Å². The molecule has 0 radical (unpaired) electrons. The summed E-state index contributed by atoms with van der Waals surface area (Å²) < 4.78 is 13.4. The standard InChI is InChI=1S/C6H12O3.C4H8O3.C3H6/c1-3-6(7)9-5-4-8-2;1-3(5)4(6)7-2;1-3-2/h3-5H2,1-2H3;3,5H,1-2H3;3H,1H2,2H3. The lowest BCUT2D eigenvalue weighted by molar-refractivity contribution is -0.149. The molecule has 0 amide bonds. The summed E-state index contributed by atoms with van der Waals surface area (Å²) >= 11 is 0. The third-order valence-corrected chi connectivity index (χ3v) is 1.38. The topological polar surface area (TPSA) is 82.1 Å². The lowest BCUT2D eigenvalue weighted by atomic mass is 10.4. The zero-order chi connectivity index (χ0) is 15.7. The quantitative estimate of drug-likeness (QED) is 0.464. The number of rotatable bonds is 5. The van der Waals surface area contributed by atoms with Gasteiger partial charge >= 0.3 is 11.9 Å². The number of hydrogen-bond acceptors (Lipinski definition) is 6. The molecule has 0 spiro atoms. The highest BCUT2D eigenvalue weighted by atomic mass is 16.6. The average Bonchev–Trinajstić information content (AvgIpc) is 2.39. The van der Waals surface area contributed by atoms with Crippen LogP contribution < -0.4 is 0 Å². The number of aliphatic hydroxyl groups is 1. The van der Waals surface area contributed by atoms with Crippen molar-refractivity contribution in [2.45, 2.75) is 33.3 Å². The average molecular weight is 278 g/mol. The van der Waals surface area contributed by atoms with E-state index in [-0.39, 0.29) is 5.97 Å². The van der Waals surface area contributed by atoms with Gasteiger partial charge in [0.15, 0.2) is 0 Å². The molecule has 6 heteroatoms. The van der Waals surface area contributed by atoms with E-state index in [0.29, 0.717) is 19.6 Å². The first kappa shape index (κ1) is 22.8. The normalized spacial score (nSPS) is 9.79. The molecule has 0 rings (SSSR count). The van der Waals surface area contributed by atoms with E-state index in [1.54, 1.807) is 20.1 Å². The van der Waals surface area contributed by atoms with E-state index in [1.165, 1.54) is 14.0 Å². The molecule has 1 atom stereocenters. The Morgan fingerprint density at radius 1 is 1.32 bits per heavy atom. The Morgan fingerprint density at radius 3 is 2.00 bits per heavy atom. The number of hydrogen-bond donors (Lipinski definition) is 1. The van der Waals surface area contributed by atoms with Crippen LogP contribution in [0, 0.1) is 0 Å². The van der Waals surface area contributed by atoms with Gasteiger partial charge in [0.05, 0.1) is 13.7 Å². The van der Waals surface area contributed by atoms with Crippen LogP contribution in [-0.4, -0.2) is 50.6 Å². The molecule has 1 unspecified atom stereocenters. The number of carbonyl (C=O) groups excluding carboxylic acids is 2. The number of aliphatic hydroxyl groups excluding tert-OH is 1. The minimum absolute atomic E-state index is 0.174. The Labute approximate surface area is 115 Å². The van der Waals surface area contributed by atoms with Crippen molar-refractivity contribution in [3.05, 3.63) is 12.7 Å². The Balaban J connectivity index is -0.000000228. The molecule has 0 aliphatic carbocycles. The van der Waals surface area contributed by atoms with E-state index in [1.807, 2.05) is 6.92 Å². The van der Waals surface area contributed by atoms with Crippen molar-refractivity contribution in [2.24, 2.45) is 0 Å². The van der Waals surface area contributed by atoms with Crippen LogP contribution in [0.5, 0.6) is 0 Å².